The van der Waals surface area contributed by atoms with E-state index < -0.39 is 76.8 Å². The van der Waals surface area contributed by atoms with E-state index in [0.29, 0.717) is 61.1 Å². The molecular formula is C36H36F12O8. The van der Waals surface area contributed by atoms with E-state index >= 15 is 0 Å². The van der Waals surface area contributed by atoms with Crippen LogP contribution in [0, 0.1) is 0 Å². The first-order valence-electron chi connectivity index (χ1n) is 16.2. The van der Waals surface area contributed by atoms with Gasteiger partial charge in [0.05, 0.1) is 54.8 Å². The fourth-order valence-corrected chi connectivity index (χ4v) is 5.17. The van der Waals surface area contributed by atoms with Crippen molar-refractivity contribution in [2.45, 2.75) is 95.6 Å². The van der Waals surface area contributed by atoms with Crippen molar-refractivity contribution >= 4 is 17.9 Å². The SMILES string of the molecule is COC(=O)C1=CC(O[C@H](C)c2cc(C(F)(F)F)cc(C(F)(F)F)c2)CC1.COC(=O)C1=C[C@@H](OC(C)=O)CC1.C[C@@H](O)c1cc(C(F)(F)F)cc(C(F)(F)F)c1. The van der Waals surface area contributed by atoms with Gasteiger partial charge in [-0.25, -0.2) is 9.59 Å². The van der Waals surface area contributed by atoms with Gasteiger partial charge in [0, 0.05) is 18.1 Å². The molecule has 0 aromatic heterocycles. The molecule has 0 heterocycles. The van der Waals surface area contributed by atoms with E-state index in [0.717, 1.165) is 6.92 Å². The van der Waals surface area contributed by atoms with E-state index in [9.17, 15) is 67.1 Å². The molecule has 0 fully saturated rings. The standard InChI is InChI=1S/C17H16F6O3.C10H8F6O.C9H12O4/c1-9(26-14-4-3-10(7-14)15(24)25-2)11-5-12(16(18,19)20)8-13(6-11)17(21,22)23;1-5(17)6-2-7(9(11,12)13)4-8(3-6)10(14,15)16;1-6(10)13-8-4-3-7(5-8)9(11)12-2/h5-9,14H,3-4H2,1-2H3;2-5,17H,1H3;5,8H,3-4H2,1-2H3/t9-,14?;5-;8-/m110/s1. The Bertz CT molecular complexity index is 1690. The molecule has 1 unspecified atom stereocenters. The highest BCUT2D eigenvalue weighted by molar-refractivity contribution is 5.89. The summed E-state index contributed by atoms with van der Waals surface area (Å²) in [5, 5.41) is 9.07. The van der Waals surface area contributed by atoms with Crippen LogP contribution in [-0.2, 0) is 58.0 Å². The van der Waals surface area contributed by atoms with E-state index in [2.05, 4.69) is 9.47 Å². The zero-order valence-corrected chi connectivity index (χ0v) is 30.1. The first-order chi connectivity index (χ1) is 25.6. The number of rotatable bonds is 7. The number of methoxy groups -OCH3 is 2. The zero-order valence-electron chi connectivity index (χ0n) is 30.1. The molecule has 4 atom stereocenters. The molecule has 4 rings (SSSR count). The number of esters is 3. The number of carbonyl (C=O) groups is 3. The van der Waals surface area contributed by atoms with Gasteiger partial charge in [0.15, 0.2) is 0 Å². The van der Waals surface area contributed by atoms with Crippen LogP contribution in [0.5, 0.6) is 0 Å². The topological polar surface area (TPSA) is 108 Å². The molecule has 2 aromatic carbocycles. The highest BCUT2D eigenvalue weighted by Crippen LogP contribution is 2.40. The molecule has 0 radical (unpaired) electrons. The number of hydrogen-bond acceptors (Lipinski definition) is 8. The van der Waals surface area contributed by atoms with Gasteiger partial charge in [0.1, 0.15) is 6.10 Å². The van der Waals surface area contributed by atoms with Gasteiger partial charge in [-0.3, -0.25) is 4.79 Å². The molecule has 8 nitrogen and oxygen atoms in total. The van der Waals surface area contributed by atoms with Crippen LogP contribution in [0.25, 0.3) is 0 Å². The van der Waals surface area contributed by atoms with Crippen molar-refractivity contribution in [3.8, 4) is 0 Å². The Kier molecular flexibility index (Phi) is 16.2. The fraction of sp³-hybridized carbons (Fsp3) is 0.472. The summed E-state index contributed by atoms with van der Waals surface area (Å²) in [4.78, 5) is 33.0. The van der Waals surface area contributed by atoms with Gasteiger partial charge < -0.3 is 24.1 Å². The van der Waals surface area contributed by atoms with Crippen LogP contribution in [-0.4, -0.2) is 49.4 Å². The lowest BCUT2D eigenvalue weighted by Gasteiger charge is -2.20. The van der Waals surface area contributed by atoms with Gasteiger partial charge in [-0.2, -0.15) is 52.7 Å². The van der Waals surface area contributed by atoms with Gasteiger partial charge in [-0.1, -0.05) is 0 Å². The number of aliphatic hydroxyl groups excluding tert-OH is 1. The van der Waals surface area contributed by atoms with Crippen LogP contribution >= 0.6 is 0 Å². The number of hydrogen-bond donors (Lipinski definition) is 1. The normalized spacial score (nSPS) is 18.2. The molecule has 0 aliphatic heterocycles. The minimum Gasteiger partial charge on any atom is -0.466 e. The van der Waals surface area contributed by atoms with Crippen molar-refractivity contribution in [2.75, 3.05) is 14.2 Å². The predicted molar refractivity (Wildman–Crippen MR) is 171 cm³/mol. The summed E-state index contributed by atoms with van der Waals surface area (Å²) in [7, 11) is 2.55. The van der Waals surface area contributed by atoms with Crippen molar-refractivity contribution in [1.29, 1.82) is 0 Å². The van der Waals surface area contributed by atoms with Crippen LogP contribution < -0.4 is 0 Å². The third-order valence-electron chi connectivity index (χ3n) is 7.93. The quantitative estimate of drug-likeness (QED) is 0.167. The van der Waals surface area contributed by atoms with E-state index in [1.54, 1.807) is 6.08 Å². The molecule has 0 saturated carbocycles. The molecule has 2 aliphatic rings. The summed E-state index contributed by atoms with van der Waals surface area (Å²) >= 11 is 0. The van der Waals surface area contributed by atoms with Crippen LogP contribution in [0.2, 0.25) is 0 Å². The van der Waals surface area contributed by atoms with E-state index in [4.69, 9.17) is 14.6 Å². The largest absolute Gasteiger partial charge is 0.466 e. The maximum Gasteiger partial charge on any atom is 0.416 e. The molecule has 20 heteroatoms. The van der Waals surface area contributed by atoms with Crippen LogP contribution in [0.3, 0.4) is 0 Å². The lowest BCUT2D eigenvalue weighted by Crippen LogP contribution is -2.15. The monoisotopic (exact) mass is 824 g/mol. The first-order valence-corrected chi connectivity index (χ1v) is 16.2. The van der Waals surface area contributed by atoms with Crippen molar-refractivity contribution in [3.63, 3.8) is 0 Å². The predicted octanol–water partition coefficient (Wildman–Crippen LogP) is 9.65. The second-order valence-electron chi connectivity index (χ2n) is 12.3. The second-order valence-corrected chi connectivity index (χ2v) is 12.3. The summed E-state index contributed by atoms with van der Waals surface area (Å²) in [6.45, 7) is 3.80. The minimum absolute atomic E-state index is 0.0197. The number of benzene rings is 2. The summed E-state index contributed by atoms with van der Waals surface area (Å²) in [5.74, 6) is -1.20. The smallest absolute Gasteiger partial charge is 0.416 e. The summed E-state index contributed by atoms with van der Waals surface area (Å²) in [6.07, 6.45) is -17.7. The van der Waals surface area contributed by atoms with Crippen molar-refractivity contribution in [1.82, 2.24) is 0 Å². The molecule has 1 N–H and O–H groups in total. The Labute approximate surface area is 312 Å². The average molecular weight is 825 g/mol. The number of alkyl halides is 12. The second kappa shape index (κ2) is 19.0. The van der Waals surface area contributed by atoms with Gasteiger partial charge in [0.25, 0.3) is 0 Å². The molecule has 312 valence electrons. The first kappa shape index (κ1) is 47.6. The average Bonchev–Trinajstić information content (AvgIpc) is 3.76. The van der Waals surface area contributed by atoms with Crippen molar-refractivity contribution in [2.24, 2.45) is 0 Å². The highest BCUT2D eigenvalue weighted by Gasteiger charge is 2.39. The third-order valence-corrected chi connectivity index (χ3v) is 7.93. The Hall–Kier alpha value is -4.59. The molecule has 0 amide bonds. The summed E-state index contributed by atoms with van der Waals surface area (Å²) in [5.41, 5.74) is -5.35. The summed E-state index contributed by atoms with van der Waals surface area (Å²) in [6, 6.07) is 2.37. The maximum atomic E-state index is 12.9. The molecule has 0 saturated heterocycles. The molecule has 2 aliphatic carbocycles. The number of ether oxygens (including phenoxy) is 4. The van der Waals surface area contributed by atoms with Gasteiger partial charge >= 0.3 is 42.6 Å². The lowest BCUT2D eigenvalue weighted by atomic mass is 10.0. The molecule has 56 heavy (non-hydrogen) atoms. The van der Waals surface area contributed by atoms with Gasteiger partial charge in [0.2, 0.25) is 0 Å². The summed E-state index contributed by atoms with van der Waals surface area (Å²) < 4.78 is 171. The van der Waals surface area contributed by atoms with Crippen LogP contribution in [0.4, 0.5) is 52.7 Å². The van der Waals surface area contributed by atoms with Crippen LogP contribution in [0.15, 0.2) is 59.7 Å². The van der Waals surface area contributed by atoms with Crippen molar-refractivity contribution < 1.29 is 91.1 Å². The number of carbonyl (C=O) groups excluding carboxylic acids is 3. The van der Waals surface area contributed by atoms with E-state index in [-0.39, 0.29) is 35.7 Å². The van der Waals surface area contributed by atoms with E-state index in [1.165, 1.54) is 34.1 Å². The Balaban J connectivity index is 0.000000311. The maximum absolute atomic E-state index is 12.9. The number of aliphatic hydroxyl groups is 1. The molecule has 2 aromatic rings. The highest BCUT2D eigenvalue weighted by atomic mass is 19.4. The van der Waals surface area contributed by atoms with Gasteiger partial charge in [-0.15, -0.1) is 0 Å². The Morgan fingerprint density at radius 3 is 1.27 bits per heavy atom. The fourth-order valence-electron chi connectivity index (χ4n) is 5.17. The van der Waals surface area contributed by atoms with E-state index in [1.807, 2.05) is 0 Å². The lowest BCUT2D eigenvalue weighted by molar-refractivity contribution is -0.145. The third kappa shape index (κ3) is 14.5. The molecule has 0 bridgehead atoms. The van der Waals surface area contributed by atoms with Crippen LogP contribution in [0.1, 0.15) is 92.0 Å². The Morgan fingerprint density at radius 1 is 0.607 bits per heavy atom. The van der Waals surface area contributed by atoms with Crippen molar-refractivity contribution in [3.05, 3.63) is 93.1 Å². The molecule has 0 spiro atoms. The Morgan fingerprint density at radius 2 is 0.946 bits per heavy atom. The number of halogens is 12. The van der Waals surface area contributed by atoms with Gasteiger partial charge in [-0.05, 0) is 99.2 Å². The minimum atomic E-state index is -4.92. The zero-order chi connectivity index (χ0) is 43.0. The molecular weight excluding hydrogens is 788 g/mol.